The Kier molecular flexibility index (Phi) is 4.50. The van der Waals surface area contributed by atoms with Crippen LogP contribution in [0.4, 0.5) is 5.69 Å². The van der Waals surface area contributed by atoms with Crippen LogP contribution in [0, 0.1) is 10.1 Å². The molecule has 1 atom stereocenters. The van der Waals surface area contributed by atoms with Gasteiger partial charge in [-0.05, 0) is 6.07 Å². The second kappa shape index (κ2) is 6.51. The van der Waals surface area contributed by atoms with E-state index in [0.29, 0.717) is 5.56 Å². The number of carbonyl (C=O) groups excluding carboxylic acids is 1. The largest absolute Gasteiger partial charge is 0.474 e. The molecule has 0 saturated heterocycles. The first kappa shape index (κ1) is 14.5. The van der Waals surface area contributed by atoms with Crippen LogP contribution in [0.2, 0.25) is 0 Å². The number of hydrogen-bond acceptors (Lipinski definition) is 5. The van der Waals surface area contributed by atoms with Crippen molar-refractivity contribution in [2.45, 2.75) is 6.10 Å². The highest BCUT2D eigenvalue weighted by atomic mass is 16.6. The van der Waals surface area contributed by atoms with E-state index in [4.69, 9.17) is 9.47 Å². The summed E-state index contributed by atoms with van der Waals surface area (Å²) < 4.78 is 10.3. The Hall–Kier alpha value is -2.89. The van der Waals surface area contributed by atoms with Crippen LogP contribution >= 0.6 is 0 Å². The summed E-state index contributed by atoms with van der Waals surface area (Å²) in [5, 5.41) is 10.8. The molecule has 0 radical (unpaired) electrons. The van der Waals surface area contributed by atoms with Gasteiger partial charge in [-0.2, -0.15) is 0 Å². The topological polar surface area (TPSA) is 78.7 Å². The average molecular weight is 287 g/mol. The fourth-order valence-electron chi connectivity index (χ4n) is 1.79. The lowest BCUT2D eigenvalue weighted by atomic mass is 10.1. The van der Waals surface area contributed by atoms with Gasteiger partial charge in [0, 0.05) is 11.6 Å². The fourth-order valence-corrected chi connectivity index (χ4v) is 1.79. The van der Waals surface area contributed by atoms with E-state index in [2.05, 4.69) is 0 Å². The van der Waals surface area contributed by atoms with Crippen molar-refractivity contribution in [2.75, 3.05) is 7.11 Å². The summed E-state index contributed by atoms with van der Waals surface area (Å²) in [5.74, 6) is -0.351. The molecule has 0 heterocycles. The number of non-ortho nitro benzene ring substituents is 1. The van der Waals surface area contributed by atoms with Crippen molar-refractivity contribution in [2.24, 2.45) is 0 Å². The summed E-state index contributed by atoms with van der Waals surface area (Å²) in [5.41, 5.74) is 0.500. The highest BCUT2D eigenvalue weighted by molar-refractivity contribution is 5.76. The van der Waals surface area contributed by atoms with Crippen molar-refractivity contribution in [3.63, 3.8) is 0 Å². The Balaban J connectivity index is 2.29. The second-order valence-corrected chi connectivity index (χ2v) is 4.19. The number of ether oxygens (including phenoxy) is 2. The Morgan fingerprint density at radius 1 is 1.14 bits per heavy atom. The number of rotatable bonds is 5. The van der Waals surface area contributed by atoms with Crippen molar-refractivity contribution >= 4 is 11.7 Å². The molecule has 0 aromatic heterocycles. The van der Waals surface area contributed by atoms with Crippen LogP contribution < -0.4 is 4.74 Å². The molecule has 0 saturated carbocycles. The summed E-state index contributed by atoms with van der Waals surface area (Å²) in [6.45, 7) is 0. The van der Waals surface area contributed by atoms with Gasteiger partial charge in [-0.3, -0.25) is 10.1 Å². The van der Waals surface area contributed by atoms with Crippen molar-refractivity contribution in [3.8, 4) is 5.75 Å². The third kappa shape index (κ3) is 3.56. The molecule has 0 N–H and O–H groups in total. The van der Waals surface area contributed by atoms with E-state index >= 15 is 0 Å². The van der Waals surface area contributed by atoms with Gasteiger partial charge in [-0.1, -0.05) is 36.4 Å². The van der Waals surface area contributed by atoms with Crippen LogP contribution in [0.3, 0.4) is 0 Å². The van der Waals surface area contributed by atoms with Crippen LogP contribution in [0.15, 0.2) is 54.6 Å². The van der Waals surface area contributed by atoms with Gasteiger partial charge in [-0.15, -0.1) is 0 Å². The number of nitro benzene ring substituents is 1. The van der Waals surface area contributed by atoms with E-state index < -0.39 is 17.0 Å². The van der Waals surface area contributed by atoms with E-state index in [-0.39, 0.29) is 11.4 Å². The van der Waals surface area contributed by atoms with Crippen molar-refractivity contribution < 1.29 is 19.2 Å². The van der Waals surface area contributed by atoms with Gasteiger partial charge in [0.1, 0.15) is 5.75 Å². The molecule has 0 aliphatic carbocycles. The molecule has 21 heavy (non-hydrogen) atoms. The molecular weight excluding hydrogens is 274 g/mol. The summed E-state index contributed by atoms with van der Waals surface area (Å²) in [6, 6.07) is 14.4. The number of methoxy groups -OCH3 is 1. The molecule has 0 bridgehead atoms. The van der Waals surface area contributed by atoms with Crippen LogP contribution in [0.25, 0.3) is 0 Å². The van der Waals surface area contributed by atoms with Crippen LogP contribution in [-0.4, -0.2) is 18.0 Å². The van der Waals surface area contributed by atoms with Gasteiger partial charge in [0.05, 0.1) is 18.1 Å². The molecule has 6 heteroatoms. The molecule has 6 nitrogen and oxygen atoms in total. The third-order valence-corrected chi connectivity index (χ3v) is 2.80. The maximum Gasteiger partial charge on any atom is 0.351 e. The predicted molar refractivity (Wildman–Crippen MR) is 74.9 cm³/mol. The SMILES string of the molecule is COC(=O)C(Oc1cccc([N+](=O)[O-])c1)c1ccccc1. The lowest BCUT2D eigenvalue weighted by Gasteiger charge is -2.17. The minimum Gasteiger partial charge on any atom is -0.474 e. The van der Waals surface area contributed by atoms with E-state index in [1.165, 1.54) is 25.3 Å². The number of hydrogen-bond donors (Lipinski definition) is 0. The van der Waals surface area contributed by atoms with Crippen molar-refractivity contribution in [3.05, 3.63) is 70.3 Å². The zero-order valence-corrected chi connectivity index (χ0v) is 11.3. The maximum atomic E-state index is 11.9. The number of carbonyl (C=O) groups is 1. The zero-order valence-electron chi connectivity index (χ0n) is 11.3. The molecule has 0 amide bonds. The molecule has 0 aliphatic heterocycles. The first-order chi connectivity index (χ1) is 10.1. The van der Waals surface area contributed by atoms with E-state index in [0.717, 1.165) is 0 Å². The lowest BCUT2D eigenvalue weighted by Crippen LogP contribution is -2.20. The predicted octanol–water partition coefficient (Wildman–Crippen LogP) is 2.89. The second-order valence-electron chi connectivity index (χ2n) is 4.19. The maximum absolute atomic E-state index is 11.9. The van der Waals surface area contributed by atoms with Crippen LogP contribution in [-0.2, 0) is 9.53 Å². The zero-order chi connectivity index (χ0) is 15.2. The monoisotopic (exact) mass is 287 g/mol. The average Bonchev–Trinajstić information content (AvgIpc) is 2.53. The summed E-state index contributed by atoms with van der Waals surface area (Å²) in [4.78, 5) is 22.1. The highest BCUT2D eigenvalue weighted by Gasteiger charge is 2.24. The first-order valence-corrected chi connectivity index (χ1v) is 6.15. The molecular formula is C15H13NO5. The summed E-state index contributed by atoms with van der Waals surface area (Å²) in [7, 11) is 1.26. The number of esters is 1. The minimum absolute atomic E-state index is 0.107. The van der Waals surface area contributed by atoms with Crippen molar-refractivity contribution in [1.82, 2.24) is 0 Å². The van der Waals surface area contributed by atoms with Gasteiger partial charge < -0.3 is 9.47 Å². The minimum atomic E-state index is -0.974. The number of nitrogens with zero attached hydrogens (tertiary/aromatic N) is 1. The third-order valence-electron chi connectivity index (χ3n) is 2.80. The Bertz CT molecular complexity index is 642. The molecule has 2 aromatic carbocycles. The van der Waals surface area contributed by atoms with E-state index in [9.17, 15) is 14.9 Å². The lowest BCUT2D eigenvalue weighted by molar-refractivity contribution is -0.385. The number of nitro groups is 1. The molecule has 0 fully saturated rings. The van der Waals surface area contributed by atoms with E-state index in [1.54, 1.807) is 30.3 Å². The normalized spacial score (nSPS) is 11.5. The van der Waals surface area contributed by atoms with Gasteiger partial charge >= 0.3 is 5.97 Å². The van der Waals surface area contributed by atoms with E-state index in [1.807, 2.05) is 6.07 Å². The number of benzene rings is 2. The Morgan fingerprint density at radius 2 is 1.86 bits per heavy atom. The molecule has 2 aromatic rings. The van der Waals surface area contributed by atoms with Crippen LogP contribution in [0.5, 0.6) is 5.75 Å². The van der Waals surface area contributed by atoms with Crippen LogP contribution in [0.1, 0.15) is 11.7 Å². The molecule has 2 rings (SSSR count). The summed E-state index contributed by atoms with van der Waals surface area (Å²) in [6.07, 6.45) is -0.974. The van der Waals surface area contributed by atoms with Gasteiger partial charge in [-0.25, -0.2) is 4.79 Å². The smallest absolute Gasteiger partial charge is 0.351 e. The summed E-state index contributed by atoms with van der Waals surface area (Å²) >= 11 is 0. The van der Waals surface area contributed by atoms with Gasteiger partial charge in [0.25, 0.3) is 5.69 Å². The molecule has 108 valence electrons. The molecule has 0 aliphatic rings. The molecule has 0 spiro atoms. The quantitative estimate of drug-likeness (QED) is 0.480. The van der Waals surface area contributed by atoms with Crippen molar-refractivity contribution in [1.29, 1.82) is 0 Å². The Morgan fingerprint density at radius 3 is 2.48 bits per heavy atom. The Labute approximate surface area is 121 Å². The highest BCUT2D eigenvalue weighted by Crippen LogP contribution is 2.26. The first-order valence-electron chi connectivity index (χ1n) is 6.15. The van der Waals surface area contributed by atoms with Gasteiger partial charge in [0.15, 0.2) is 0 Å². The standard InChI is InChI=1S/C15H13NO5/c1-20-15(17)14(11-6-3-2-4-7-11)21-13-9-5-8-12(10-13)16(18)19/h2-10,14H,1H3. The van der Waals surface area contributed by atoms with Gasteiger partial charge in [0.2, 0.25) is 6.10 Å². The molecule has 1 unspecified atom stereocenters. The fraction of sp³-hybridized carbons (Fsp3) is 0.133.